The SMILES string of the molecule is CO[C@H]1CCN(C(=O)c2ccc3nc[nH]c3c2)C[C@@]12CCCO2. The minimum absolute atomic E-state index is 0.0472. The maximum absolute atomic E-state index is 12.9. The molecule has 2 aromatic rings. The summed E-state index contributed by atoms with van der Waals surface area (Å²) in [4.78, 5) is 22.0. The number of benzene rings is 1. The zero-order chi connectivity index (χ0) is 15.9. The molecule has 4 rings (SSSR count). The smallest absolute Gasteiger partial charge is 0.254 e. The van der Waals surface area contributed by atoms with Crippen LogP contribution in [0.1, 0.15) is 29.6 Å². The second-order valence-corrected chi connectivity index (χ2v) is 6.39. The molecule has 0 aliphatic carbocycles. The van der Waals surface area contributed by atoms with E-state index < -0.39 is 0 Å². The summed E-state index contributed by atoms with van der Waals surface area (Å²) in [5, 5.41) is 0. The van der Waals surface area contributed by atoms with Crippen molar-refractivity contribution < 1.29 is 14.3 Å². The van der Waals surface area contributed by atoms with Gasteiger partial charge >= 0.3 is 0 Å². The Bertz CT molecular complexity index is 721. The van der Waals surface area contributed by atoms with E-state index in [0.717, 1.165) is 36.9 Å². The third-order valence-corrected chi connectivity index (χ3v) is 5.08. The summed E-state index contributed by atoms with van der Waals surface area (Å²) >= 11 is 0. The molecule has 2 fully saturated rings. The number of imidazole rings is 1. The summed E-state index contributed by atoms with van der Waals surface area (Å²) in [6, 6.07) is 5.59. The van der Waals surface area contributed by atoms with Crippen molar-refractivity contribution in [3.63, 3.8) is 0 Å². The molecule has 6 nitrogen and oxygen atoms in total. The molecule has 2 aliphatic rings. The fourth-order valence-corrected chi connectivity index (χ4v) is 3.89. The number of carbonyl (C=O) groups excluding carboxylic acids is 1. The van der Waals surface area contributed by atoms with E-state index in [2.05, 4.69) is 9.97 Å². The van der Waals surface area contributed by atoms with Crippen LogP contribution < -0.4 is 0 Å². The Labute approximate surface area is 134 Å². The van der Waals surface area contributed by atoms with Gasteiger partial charge in [-0.05, 0) is 37.5 Å². The zero-order valence-corrected chi connectivity index (χ0v) is 13.2. The number of ether oxygens (including phenoxy) is 2. The minimum atomic E-state index is -0.333. The highest BCUT2D eigenvalue weighted by molar-refractivity contribution is 5.97. The topological polar surface area (TPSA) is 67.5 Å². The summed E-state index contributed by atoms with van der Waals surface area (Å²) in [5.41, 5.74) is 2.11. The first-order valence-corrected chi connectivity index (χ1v) is 8.11. The first-order valence-electron chi connectivity index (χ1n) is 8.11. The molecule has 1 amide bonds. The average molecular weight is 315 g/mol. The molecule has 0 saturated carbocycles. The van der Waals surface area contributed by atoms with Crippen LogP contribution in [0.4, 0.5) is 0 Å². The van der Waals surface area contributed by atoms with Gasteiger partial charge in [-0.1, -0.05) is 0 Å². The van der Waals surface area contributed by atoms with E-state index in [0.29, 0.717) is 18.7 Å². The van der Waals surface area contributed by atoms with E-state index in [-0.39, 0.29) is 17.6 Å². The fraction of sp³-hybridized carbons (Fsp3) is 0.529. The summed E-state index contributed by atoms with van der Waals surface area (Å²) in [5.74, 6) is 0.0472. The lowest BCUT2D eigenvalue weighted by molar-refractivity contribution is -0.137. The number of nitrogens with one attached hydrogen (secondary N) is 1. The van der Waals surface area contributed by atoms with Crippen LogP contribution in [0.25, 0.3) is 11.0 Å². The normalized spacial score (nSPS) is 27.9. The molecule has 0 radical (unpaired) electrons. The lowest BCUT2D eigenvalue weighted by Crippen LogP contribution is -2.58. The summed E-state index contributed by atoms with van der Waals surface area (Å²) in [6.45, 7) is 2.05. The van der Waals surface area contributed by atoms with E-state index >= 15 is 0 Å². The monoisotopic (exact) mass is 315 g/mol. The largest absolute Gasteiger partial charge is 0.378 e. The van der Waals surface area contributed by atoms with Gasteiger partial charge in [0.15, 0.2) is 0 Å². The molecule has 1 spiro atoms. The highest BCUT2D eigenvalue weighted by Gasteiger charge is 2.48. The van der Waals surface area contributed by atoms with Crippen molar-refractivity contribution in [1.82, 2.24) is 14.9 Å². The quantitative estimate of drug-likeness (QED) is 0.920. The number of amides is 1. The molecular formula is C17H21N3O3. The second-order valence-electron chi connectivity index (χ2n) is 6.39. The van der Waals surface area contributed by atoms with Crippen molar-refractivity contribution in [2.75, 3.05) is 26.8 Å². The van der Waals surface area contributed by atoms with E-state index in [1.54, 1.807) is 13.4 Å². The van der Waals surface area contributed by atoms with Gasteiger partial charge in [0, 0.05) is 25.8 Å². The number of H-pyrrole nitrogens is 1. The number of rotatable bonds is 2. The van der Waals surface area contributed by atoms with Gasteiger partial charge in [0.05, 0.1) is 30.0 Å². The Morgan fingerprint density at radius 1 is 1.52 bits per heavy atom. The molecule has 2 atom stereocenters. The van der Waals surface area contributed by atoms with E-state index in [1.807, 2.05) is 23.1 Å². The third-order valence-electron chi connectivity index (χ3n) is 5.08. The summed E-state index contributed by atoms with van der Waals surface area (Å²) in [6.07, 6.45) is 4.51. The lowest BCUT2D eigenvalue weighted by Gasteiger charge is -2.44. The Morgan fingerprint density at radius 2 is 2.43 bits per heavy atom. The molecule has 122 valence electrons. The van der Waals surface area contributed by atoms with Gasteiger partial charge in [-0.2, -0.15) is 0 Å². The second kappa shape index (κ2) is 5.62. The summed E-state index contributed by atoms with van der Waals surface area (Å²) < 4.78 is 11.7. The van der Waals surface area contributed by atoms with Crippen LogP contribution in [0.15, 0.2) is 24.5 Å². The van der Waals surface area contributed by atoms with E-state index in [1.165, 1.54) is 0 Å². The molecule has 2 aliphatic heterocycles. The molecule has 6 heteroatoms. The van der Waals surface area contributed by atoms with Crippen LogP contribution in [0.3, 0.4) is 0 Å². The molecule has 0 unspecified atom stereocenters. The van der Waals surface area contributed by atoms with Gasteiger partial charge in [0.2, 0.25) is 0 Å². The Kier molecular flexibility index (Phi) is 3.58. The Hall–Kier alpha value is -1.92. The van der Waals surface area contributed by atoms with Gasteiger partial charge < -0.3 is 19.4 Å². The molecule has 0 bridgehead atoms. The fourth-order valence-electron chi connectivity index (χ4n) is 3.89. The number of piperidine rings is 1. The number of aromatic nitrogens is 2. The number of likely N-dealkylation sites (tertiary alicyclic amines) is 1. The van der Waals surface area contributed by atoms with Crippen molar-refractivity contribution in [2.24, 2.45) is 0 Å². The van der Waals surface area contributed by atoms with Gasteiger partial charge in [0.25, 0.3) is 5.91 Å². The maximum Gasteiger partial charge on any atom is 0.254 e. The number of carbonyl (C=O) groups is 1. The molecule has 1 N–H and O–H groups in total. The number of hydrogen-bond acceptors (Lipinski definition) is 4. The van der Waals surface area contributed by atoms with Gasteiger partial charge in [-0.25, -0.2) is 4.98 Å². The molecule has 2 saturated heterocycles. The minimum Gasteiger partial charge on any atom is -0.378 e. The van der Waals surface area contributed by atoms with Crippen LogP contribution >= 0.6 is 0 Å². The standard InChI is InChI=1S/C17H21N3O3/c1-22-15-5-7-20(10-17(15)6-2-8-23-17)16(21)12-3-4-13-14(9-12)19-11-18-13/h3-4,9,11,15H,2,5-8,10H2,1H3,(H,18,19)/t15-,17-/m0/s1. The third kappa shape index (κ3) is 2.42. The molecule has 1 aromatic carbocycles. The van der Waals surface area contributed by atoms with Crippen molar-refractivity contribution in [3.8, 4) is 0 Å². The number of methoxy groups -OCH3 is 1. The highest BCUT2D eigenvalue weighted by atomic mass is 16.6. The van der Waals surface area contributed by atoms with Gasteiger partial charge in [-0.3, -0.25) is 4.79 Å². The molecule has 23 heavy (non-hydrogen) atoms. The van der Waals surface area contributed by atoms with E-state index in [9.17, 15) is 4.79 Å². The van der Waals surface area contributed by atoms with E-state index in [4.69, 9.17) is 9.47 Å². The van der Waals surface area contributed by atoms with Crippen molar-refractivity contribution in [2.45, 2.75) is 31.0 Å². The molecule has 1 aromatic heterocycles. The van der Waals surface area contributed by atoms with Gasteiger partial charge in [0.1, 0.15) is 5.60 Å². The number of nitrogens with zero attached hydrogens (tertiary/aromatic N) is 2. The van der Waals surface area contributed by atoms with Crippen molar-refractivity contribution >= 4 is 16.9 Å². The number of aromatic amines is 1. The van der Waals surface area contributed by atoms with Crippen LogP contribution in [0.2, 0.25) is 0 Å². The average Bonchev–Trinajstić information content (AvgIpc) is 3.23. The molecular weight excluding hydrogens is 294 g/mol. The first-order chi connectivity index (χ1) is 11.2. The van der Waals surface area contributed by atoms with Crippen LogP contribution in [-0.2, 0) is 9.47 Å². The number of hydrogen-bond donors (Lipinski definition) is 1. The maximum atomic E-state index is 12.9. The first kappa shape index (κ1) is 14.7. The van der Waals surface area contributed by atoms with Crippen LogP contribution in [0.5, 0.6) is 0 Å². The molecule has 3 heterocycles. The number of fused-ring (bicyclic) bond motifs is 1. The van der Waals surface area contributed by atoms with Crippen molar-refractivity contribution in [3.05, 3.63) is 30.1 Å². The zero-order valence-electron chi connectivity index (χ0n) is 13.2. The van der Waals surface area contributed by atoms with Crippen LogP contribution in [0, 0.1) is 0 Å². The van der Waals surface area contributed by atoms with Crippen LogP contribution in [-0.4, -0.2) is 59.3 Å². The predicted octanol–water partition coefficient (Wildman–Crippen LogP) is 1.97. The van der Waals surface area contributed by atoms with Crippen molar-refractivity contribution in [1.29, 1.82) is 0 Å². The summed E-state index contributed by atoms with van der Waals surface area (Å²) in [7, 11) is 1.73. The Balaban J connectivity index is 1.58. The van der Waals surface area contributed by atoms with Gasteiger partial charge in [-0.15, -0.1) is 0 Å². The lowest BCUT2D eigenvalue weighted by atomic mass is 9.86. The Morgan fingerprint density at radius 3 is 3.22 bits per heavy atom. The predicted molar refractivity (Wildman–Crippen MR) is 85.3 cm³/mol. The highest BCUT2D eigenvalue weighted by Crippen LogP contribution is 2.36.